The molecule has 4 heterocycles. The summed E-state index contributed by atoms with van der Waals surface area (Å²) >= 11 is 7.84. The second-order valence-electron chi connectivity index (χ2n) is 9.48. The van der Waals surface area contributed by atoms with Crippen LogP contribution in [0.4, 0.5) is 13.2 Å². The minimum absolute atomic E-state index is 0.103. The predicted molar refractivity (Wildman–Crippen MR) is 150 cm³/mol. The minimum Gasteiger partial charge on any atom is -0.383 e. The van der Waals surface area contributed by atoms with Crippen LogP contribution in [0.2, 0.25) is 5.02 Å². The van der Waals surface area contributed by atoms with Crippen LogP contribution in [0.1, 0.15) is 35.3 Å². The van der Waals surface area contributed by atoms with Crippen molar-refractivity contribution < 1.29 is 26.3 Å². The number of likely N-dealkylation sites (N-methyl/N-ethyl adjacent to an activating group) is 2. The highest BCUT2D eigenvalue weighted by molar-refractivity contribution is 7.86. The Morgan fingerprint density at radius 2 is 2.05 bits per heavy atom. The Morgan fingerprint density at radius 1 is 1.27 bits per heavy atom. The fourth-order valence-corrected chi connectivity index (χ4v) is 7.10. The molecular formula is C25H27ClF3N7O3S2. The van der Waals surface area contributed by atoms with E-state index in [4.69, 9.17) is 21.3 Å². The van der Waals surface area contributed by atoms with Crippen molar-refractivity contribution in [1.82, 2.24) is 28.3 Å². The monoisotopic (exact) mass is 629 g/mol. The lowest BCUT2D eigenvalue weighted by atomic mass is 9.92. The zero-order chi connectivity index (χ0) is 29.5. The lowest BCUT2D eigenvalue weighted by Gasteiger charge is -2.32. The Labute approximate surface area is 244 Å². The van der Waals surface area contributed by atoms with Gasteiger partial charge in [-0.25, -0.2) is 14.1 Å². The lowest BCUT2D eigenvalue weighted by molar-refractivity contribution is 0.0564. The molecule has 0 aliphatic carbocycles. The highest BCUT2D eigenvalue weighted by Crippen LogP contribution is 2.47. The number of alkyl halides is 2. The normalized spacial score (nSPS) is 19.6. The smallest absolute Gasteiger partial charge is 0.333 e. The molecule has 0 saturated carbocycles. The van der Waals surface area contributed by atoms with Crippen LogP contribution in [0.25, 0.3) is 5.57 Å². The standard InChI is InChI=1S/C25H27ClF3N7O3S2/c1-33(9-10-39-3)41(37,38)34(2)16-13-20-21(19-6-8-36(32-19)25(28)29)22(17-5-4-15(27)12-18(17)26)31-23(35(20)14-16)24-30-7-11-40-24/h4-8,11-12,16,22,25H,9-10,13-14H2,1-3H3/t16-,22-/m0/s1. The van der Waals surface area contributed by atoms with Gasteiger partial charge in [0, 0.05) is 86.4 Å². The molecule has 1 aromatic carbocycles. The summed E-state index contributed by atoms with van der Waals surface area (Å²) in [6.07, 6.45) is 3.01. The lowest BCUT2D eigenvalue weighted by Crippen LogP contribution is -2.47. The van der Waals surface area contributed by atoms with Crippen LogP contribution >= 0.6 is 22.9 Å². The fourth-order valence-electron chi connectivity index (χ4n) is 4.92. The molecule has 0 amide bonds. The average Bonchev–Trinajstić information content (AvgIpc) is 3.71. The quantitative estimate of drug-likeness (QED) is 0.333. The first-order valence-electron chi connectivity index (χ1n) is 12.5. The van der Waals surface area contributed by atoms with Gasteiger partial charge in [0.15, 0.2) is 10.8 Å². The van der Waals surface area contributed by atoms with E-state index in [1.807, 2.05) is 4.90 Å². The molecule has 41 heavy (non-hydrogen) atoms. The van der Waals surface area contributed by atoms with E-state index in [1.54, 1.807) is 11.6 Å². The van der Waals surface area contributed by atoms with Gasteiger partial charge in [-0.3, -0.25) is 4.99 Å². The molecule has 0 bridgehead atoms. The number of hydrogen-bond acceptors (Lipinski definition) is 8. The summed E-state index contributed by atoms with van der Waals surface area (Å²) in [6, 6.07) is 3.97. The van der Waals surface area contributed by atoms with Gasteiger partial charge in [0.2, 0.25) is 0 Å². The third-order valence-corrected chi connectivity index (χ3v) is 10.2. The van der Waals surface area contributed by atoms with Crippen LogP contribution < -0.4 is 0 Å². The zero-order valence-electron chi connectivity index (χ0n) is 22.3. The fraction of sp³-hybridized carbons (Fsp3) is 0.400. The van der Waals surface area contributed by atoms with E-state index in [9.17, 15) is 21.6 Å². The third-order valence-electron chi connectivity index (χ3n) is 7.09. The SMILES string of the molecule is COCCN(C)S(=O)(=O)N(C)[C@H]1CC2=C(c3ccn(C(F)F)n3)[C@H](c3ccc(F)cc3Cl)N=C(c3nccs3)N2C1. The summed E-state index contributed by atoms with van der Waals surface area (Å²) in [7, 11) is 0.597. The van der Waals surface area contributed by atoms with E-state index in [-0.39, 0.29) is 36.8 Å². The number of halogens is 4. The van der Waals surface area contributed by atoms with Crippen LogP contribution in [0.15, 0.2) is 52.7 Å². The van der Waals surface area contributed by atoms with Gasteiger partial charge in [-0.1, -0.05) is 17.7 Å². The maximum absolute atomic E-state index is 14.0. The van der Waals surface area contributed by atoms with E-state index < -0.39 is 34.7 Å². The number of aromatic nitrogens is 3. The highest BCUT2D eigenvalue weighted by atomic mass is 35.5. The van der Waals surface area contributed by atoms with Gasteiger partial charge in [-0.05, 0) is 18.2 Å². The van der Waals surface area contributed by atoms with Gasteiger partial charge in [0.1, 0.15) is 11.9 Å². The summed E-state index contributed by atoms with van der Waals surface area (Å²) in [5.41, 5.74) is 1.78. The number of thiazole rings is 1. The van der Waals surface area contributed by atoms with Crippen LogP contribution in [0.3, 0.4) is 0 Å². The van der Waals surface area contributed by atoms with Crippen molar-refractivity contribution in [3.63, 3.8) is 0 Å². The first-order chi connectivity index (χ1) is 19.5. The molecule has 5 rings (SSSR count). The summed E-state index contributed by atoms with van der Waals surface area (Å²) < 4.78 is 76.0. The van der Waals surface area contributed by atoms with Gasteiger partial charge >= 0.3 is 6.55 Å². The highest BCUT2D eigenvalue weighted by Gasteiger charge is 2.44. The Balaban J connectivity index is 1.66. The molecule has 220 valence electrons. The Bertz CT molecular complexity index is 1580. The molecule has 0 spiro atoms. The number of ether oxygens (including phenoxy) is 1. The topological polar surface area (TPSA) is 96.2 Å². The molecule has 10 nitrogen and oxygen atoms in total. The number of fused-ring (bicyclic) bond motifs is 1. The van der Waals surface area contributed by atoms with E-state index in [0.29, 0.717) is 32.4 Å². The molecule has 0 radical (unpaired) electrons. The van der Waals surface area contributed by atoms with E-state index in [0.717, 1.165) is 12.3 Å². The summed E-state index contributed by atoms with van der Waals surface area (Å²) in [4.78, 5) is 11.3. The third kappa shape index (κ3) is 5.66. The molecule has 1 fully saturated rings. The number of aliphatic imine (C=N–C) groups is 1. The largest absolute Gasteiger partial charge is 0.383 e. The van der Waals surface area contributed by atoms with Crippen molar-refractivity contribution in [3.8, 4) is 0 Å². The van der Waals surface area contributed by atoms with Crippen molar-refractivity contribution >= 4 is 44.6 Å². The predicted octanol–water partition coefficient (Wildman–Crippen LogP) is 4.27. The molecule has 2 aromatic heterocycles. The number of amidine groups is 1. The van der Waals surface area contributed by atoms with E-state index in [2.05, 4.69) is 10.1 Å². The minimum atomic E-state index is -3.87. The summed E-state index contributed by atoms with van der Waals surface area (Å²) in [6.45, 7) is -2.25. The van der Waals surface area contributed by atoms with Crippen molar-refractivity contribution in [2.75, 3.05) is 40.9 Å². The maximum atomic E-state index is 14.0. The average molecular weight is 630 g/mol. The van der Waals surface area contributed by atoms with Crippen molar-refractivity contribution in [3.05, 3.63) is 74.8 Å². The number of benzene rings is 1. The molecule has 16 heteroatoms. The molecule has 1 saturated heterocycles. The van der Waals surface area contributed by atoms with Crippen LogP contribution in [0.5, 0.6) is 0 Å². The zero-order valence-corrected chi connectivity index (χ0v) is 24.7. The molecular weight excluding hydrogens is 603 g/mol. The summed E-state index contributed by atoms with van der Waals surface area (Å²) in [5, 5.41) is 6.58. The molecule has 3 aromatic rings. The molecule has 0 unspecified atom stereocenters. The second kappa shape index (κ2) is 11.8. The van der Waals surface area contributed by atoms with Crippen LogP contribution in [0, 0.1) is 5.82 Å². The number of rotatable bonds is 10. The number of hydrogen-bond donors (Lipinski definition) is 0. The Morgan fingerprint density at radius 3 is 2.68 bits per heavy atom. The Kier molecular flexibility index (Phi) is 8.55. The van der Waals surface area contributed by atoms with Gasteiger partial charge < -0.3 is 9.64 Å². The van der Waals surface area contributed by atoms with Crippen molar-refractivity contribution in [2.24, 2.45) is 4.99 Å². The molecule has 2 atom stereocenters. The van der Waals surface area contributed by atoms with Crippen molar-refractivity contribution in [2.45, 2.75) is 25.1 Å². The number of methoxy groups -OCH3 is 1. The van der Waals surface area contributed by atoms with Crippen LogP contribution in [-0.4, -0.2) is 89.5 Å². The molecule has 0 N–H and O–H groups in total. The van der Waals surface area contributed by atoms with E-state index >= 15 is 0 Å². The first-order valence-corrected chi connectivity index (χ1v) is 15.1. The first kappa shape index (κ1) is 29.7. The number of nitrogens with zero attached hydrogens (tertiary/aromatic N) is 7. The Hall–Kier alpha value is -2.82. The van der Waals surface area contributed by atoms with Gasteiger partial charge in [0.05, 0.1) is 12.3 Å². The molecule has 2 aliphatic rings. The van der Waals surface area contributed by atoms with Crippen molar-refractivity contribution in [1.29, 1.82) is 0 Å². The maximum Gasteiger partial charge on any atom is 0.333 e. The second-order valence-corrected chi connectivity index (χ2v) is 12.9. The van der Waals surface area contributed by atoms with Gasteiger partial charge in [-0.15, -0.1) is 11.3 Å². The summed E-state index contributed by atoms with van der Waals surface area (Å²) in [5.74, 6) is -0.0692. The van der Waals surface area contributed by atoms with E-state index in [1.165, 1.54) is 59.4 Å². The van der Waals surface area contributed by atoms with Crippen LogP contribution in [-0.2, 0) is 14.9 Å². The van der Waals surface area contributed by atoms with Gasteiger partial charge in [0.25, 0.3) is 10.2 Å². The van der Waals surface area contributed by atoms with Gasteiger partial charge in [-0.2, -0.15) is 30.9 Å². The molecule has 2 aliphatic heterocycles.